The number of amides is 1. The fourth-order valence-electron chi connectivity index (χ4n) is 0.475. The molecule has 0 aliphatic rings. The largest absolute Gasteiger partial charge is 0.342 e. The molecule has 0 aromatic heterocycles. The van der Waals surface area contributed by atoms with Crippen LogP contribution in [0.2, 0.25) is 0 Å². The Hall–Kier alpha value is -0.180. The van der Waals surface area contributed by atoms with E-state index in [4.69, 9.17) is 0 Å². The molecule has 0 spiro atoms. The van der Waals surface area contributed by atoms with E-state index < -0.39 is 0 Å². The molecule has 0 rings (SSSR count). The standard InChI is InChI=1S/C6H13NOS/c1-5(8)7-6(2,3)9-4/h1-4H3,(H,7,8). The first-order valence-corrected chi connectivity index (χ1v) is 4.04. The average molecular weight is 147 g/mol. The molecule has 0 bridgehead atoms. The zero-order valence-corrected chi connectivity index (χ0v) is 7.13. The Kier molecular flexibility index (Phi) is 3.04. The normalized spacial score (nSPS) is 11.1. The van der Waals surface area contributed by atoms with Crippen molar-refractivity contribution in [2.45, 2.75) is 25.6 Å². The number of rotatable bonds is 2. The highest BCUT2D eigenvalue weighted by atomic mass is 32.2. The lowest BCUT2D eigenvalue weighted by atomic mass is 10.4. The van der Waals surface area contributed by atoms with Gasteiger partial charge in [-0.25, -0.2) is 0 Å². The highest BCUT2D eigenvalue weighted by Gasteiger charge is 2.15. The highest BCUT2D eigenvalue weighted by molar-refractivity contribution is 7.99. The first-order chi connectivity index (χ1) is 3.98. The van der Waals surface area contributed by atoms with Crippen molar-refractivity contribution >= 4 is 17.7 Å². The van der Waals surface area contributed by atoms with Crippen LogP contribution in [-0.4, -0.2) is 17.0 Å². The van der Waals surface area contributed by atoms with Gasteiger partial charge < -0.3 is 5.32 Å². The number of carbonyl (C=O) groups excluding carboxylic acids is 1. The maximum atomic E-state index is 10.5. The molecule has 1 amide bonds. The first-order valence-electron chi connectivity index (χ1n) is 2.82. The van der Waals surface area contributed by atoms with Crippen molar-refractivity contribution in [2.24, 2.45) is 0 Å². The van der Waals surface area contributed by atoms with E-state index in [-0.39, 0.29) is 10.8 Å². The Morgan fingerprint density at radius 3 is 2.11 bits per heavy atom. The third kappa shape index (κ3) is 4.33. The summed E-state index contributed by atoms with van der Waals surface area (Å²) < 4.78 is 0. The van der Waals surface area contributed by atoms with Crippen molar-refractivity contribution < 1.29 is 4.79 Å². The first kappa shape index (κ1) is 8.82. The van der Waals surface area contributed by atoms with E-state index in [1.165, 1.54) is 6.92 Å². The molecule has 0 aliphatic heterocycles. The molecular weight excluding hydrogens is 134 g/mol. The summed E-state index contributed by atoms with van der Waals surface area (Å²) in [6, 6.07) is 0. The van der Waals surface area contributed by atoms with Gasteiger partial charge in [0.15, 0.2) is 0 Å². The second-order valence-electron chi connectivity index (χ2n) is 2.40. The van der Waals surface area contributed by atoms with Gasteiger partial charge in [-0.2, -0.15) is 0 Å². The Bertz CT molecular complexity index is 112. The van der Waals surface area contributed by atoms with Gasteiger partial charge >= 0.3 is 0 Å². The van der Waals surface area contributed by atoms with Crippen molar-refractivity contribution in [3.63, 3.8) is 0 Å². The van der Waals surface area contributed by atoms with Crippen LogP contribution < -0.4 is 5.32 Å². The van der Waals surface area contributed by atoms with E-state index in [9.17, 15) is 4.79 Å². The second-order valence-corrected chi connectivity index (χ2v) is 3.82. The summed E-state index contributed by atoms with van der Waals surface area (Å²) in [7, 11) is 0. The van der Waals surface area contributed by atoms with Gasteiger partial charge in [0.25, 0.3) is 0 Å². The fourth-order valence-corrected chi connectivity index (χ4v) is 0.721. The lowest BCUT2D eigenvalue weighted by Crippen LogP contribution is -2.38. The SMILES string of the molecule is CSC(C)(C)NC(C)=O. The van der Waals surface area contributed by atoms with E-state index in [1.54, 1.807) is 11.8 Å². The van der Waals surface area contributed by atoms with Gasteiger partial charge in [0, 0.05) is 6.92 Å². The van der Waals surface area contributed by atoms with Gasteiger partial charge in [0.2, 0.25) is 5.91 Å². The number of thioether (sulfide) groups is 1. The third-order valence-corrected chi connectivity index (χ3v) is 2.11. The van der Waals surface area contributed by atoms with E-state index >= 15 is 0 Å². The maximum absolute atomic E-state index is 10.5. The number of hydrogen-bond donors (Lipinski definition) is 1. The summed E-state index contributed by atoms with van der Waals surface area (Å²) in [6.07, 6.45) is 1.97. The molecule has 0 aromatic rings. The monoisotopic (exact) mass is 147 g/mol. The number of hydrogen-bond acceptors (Lipinski definition) is 2. The smallest absolute Gasteiger partial charge is 0.217 e. The zero-order valence-electron chi connectivity index (χ0n) is 6.32. The molecule has 3 heteroatoms. The van der Waals surface area contributed by atoms with Gasteiger partial charge in [-0.3, -0.25) is 4.79 Å². The topological polar surface area (TPSA) is 29.1 Å². The third-order valence-electron chi connectivity index (χ3n) is 0.987. The van der Waals surface area contributed by atoms with Crippen LogP contribution in [0.5, 0.6) is 0 Å². The van der Waals surface area contributed by atoms with Crippen molar-refractivity contribution in [1.29, 1.82) is 0 Å². The summed E-state index contributed by atoms with van der Waals surface area (Å²) in [6.45, 7) is 5.47. The van der Waals surface area contributed by atoms with E-state index in [0.717, 1.165) is 0 Å². The van der Waals surface area contributed by atoms with Crippen LogP contribution >= 0.6 is 11.8 Å². The maximum Gasteiger partial charge on any atom is 0.217 e. The molecule has 0 aromatic carbocycles. The highest BCUT2D eigenvalue weighted by Crippen LogP contribution is 2.16. The van der Waals surface area contributed by atoms with Crippen LogP contribution in [0.4, 0.5) is 0 Å². The van der Waals surface area contributed by atoms with Gasteiger partial charge in [-0.15, -0.1) is 11.8 Å². The van der Waals surface area contributed by atoms with Gasteiger partial charge in [0.1, 0.15) is 0 Å². The van der Waals surface area contributed by atoms with Crippen LogP contribution in [0, 0.1) is 0 Å². The lowest BCUT2D eigenvalue weighted by molar-refractivity contribution is -0.119. The summed E-state index contributed by atoms with van der Waals surface area (Å²) in [4.78, 5) is 10.4. The number of carbonyl (C=O) groups is 1. The summed E-state index contributed by atoms with van der Waals surface area (Å²) in [5, 5.41) is 2.79. The summed E-state index contributed by atoms with van der Waals surface area (Å²) in [5.41, 5.74) is 0. The molecule has 0 unspecified atom stereocenters. The Labute approximate surface area is 60.4 Å². The quantitative estimate of drug-likeness (QED) is 0.595. The van der Waals surface area contributed by atoms with Crippen LogP contribution in [0.3, 0.4) is 0 Å². The van der Waals surface area contributed by atoms with E-state index in [2.05, 4.69) is 5.32 Å². The van der Waals surface area contributed by atoms with Crippen LogP contribution in [0.25, 0.3) is 0 Å². The molecule has 0 saturated carbocycles. The van der Waals surface area contributed by atoms with Crippen molar-refractivity contribution in [2.75, 3.05) is 6.26 Å². The molecule has 0 saturated heterocycles. The fraction of sp³-hybridized carbons (Fsp3) is 0.833. The predicted molar refractivity (Wildman–Crippen MR) is 41.4 cm³/mol. The molecule has 2 nitrogen and oxygen atoms in total. The van der Waals surface area contributed by atoms with Crippen LogP contribution in [0.1, 0.15) is 20.8 Å². The van der Waals surface area contributed by atoms with E-state index in [0.29, 0.717) is 0 Å². The van der Waals surface area contributed by atoms with Crippen molar-refractivity contribution in [3.05, 3.63) is 0 Å². The van der Waals surface area contributed by atoms with Crippen LogP contribution in [-0.2, 0) is 4.79 Å². The van der Waals surface area contributed by atoms with Gasteiger partial charge in [0.05, 0.1) is 4.87 Å². The lowest BCUT2D eigenvalue weighted by Gasteiger charge is -2.22. The zero-order chi connectivity index (χ0) is 7.49. The van der Waals surface area contributed by atoms with Crippen LogP contribution in [0.15, 0.2) is 0 Å². The van der Waals surface area contributed by atoms with Gasteiger partial charge in [-0.05, 0) is 20.1 Å². The minimum Gasteiger partial charge on any atom is -0.342 e. The molecule has 0 atom stereocenters. The van der Waals surface area contributed by atoms with Gasteiger partial charge in [-0.1, -0.05) is 0 Å². The molecule has 0 radical (unpaired) electrons. The Morgan fingerprint density at radius 2 is 2.00 bits per heavy atom. The van der Waals surface area contributed by atoms with Crippen molar-refractivity contribution in [3.8, 4) is 0 Å². The molecule has 0 aliphatic carbocycles. The minimum absolute atomic E-state index is 0.0225. The average Bonchev–Trinajstić information content (AvgIpc) is 1.63. The summed E-state index contributed by atoms with van der Waals surface area (Å²) in [5.74, 6) is 0.0225. The molecule has 54 valence electrons. The molecule has 1 N–H and O–H groups in total. The molecule has 0 fully saturated rings. The van der Waals surface area contributed by atoms with Crippen molar-refractivity contribution in [1.82, 2.24) is 5.32 Å². The Balaban J connectivity index is 3.71. The minimum atomic E-state index is -0.119. The molecular formula is C6H13NOS. The number of nitrogens with one attached hydrogen (secondary N) is 1. The summed E-state index contributed by atoms with van der Waals surface area (Å²) >= 11 is 1.62. The predicted octanol–water partition coefficient (Wildman–Crippen LogP) is 1.22. The second kappa shape index (κ2) is 3.11. The molecule has 0 heterocycles. The molecule has 9 heavy (non-hydrogen) atoms. The van der Waals surface area contributed by atoms with E-state index in [1.807, 2.05) is 20.1 Å². The Morgan fingerprint density at radius 1 is 1.56 bits per heavy atom.